The molecule has 116 valence electrons. The van der Waals surface area contributed by atoms with E-state index in [-0.39, 0.29) is 24.0 Å². The number of ether oxygens (including phenoxy) is 1. The molecule has 1 aromatic rings. The van der Waals surface area contributed by atoms with Crippen LogP contribution in [0.4, 0.5) is 13.2 Å². The molecule has 0 aliphatic rings. The highest BCUT2D eigenvalue weighted by atomic mass is 19.4. The summed E-state index contributed by atoms with van der Waals surface area (Å²) in [6, 6.07) is 0. The fraction of sp³-hybridized carbons (Fsp3) is 0.833. The van der Waals surface area contributed by atoms with E-state index in [1.807, 2.05) is 27.7 Å². The van der Waals surface area contributed by atoms with E-state index < -0.39 is 12.7 Å². The molecule has 0 amide bonds. The first-order valence-electron chi connectivity index (χ1n) is 6.35. The van der Waals surface area contributed by atoms with Crippen LogP contribution in [0.3, 0.4) is 0 Å². The smallest absolute Gasteiger partial charge is 0.370 e. The molecule has 0 radical (unpaired) electrons. The van der Waals surface area contributed by atoms with E-state index in [1.54, 1.807) is 0 Å². The van der Waals surface area contributed by atoms with Gasteiger partial charge in [-0.3, -0.25) is 0 Å². The Bertz CT molecular complexity index is 413. The summed E-state index contributed by atoms with van der Waals surface area (Å²) < 4.78 is 46.5. The van der Waals surface area contributed by atoms with E-state index in [0.29, 0.717) is 12.4 Å². The van der Waals surface area contributed by atoms with Crippen molar-refractivity contribution in [3.8, 4) is 0 Å². The van der Waals surface area contributed by atoms with Crippen molar-refractivity contribution in [2.75, 3.05) is 13.2 Å². The van der Waals surface area contributed by atoms with Gasteiger partial charge in [0.05, 0.1) is 13.1 Å². The minimum Gasteiger partial charge on any atom is -0.370 e. The van der Waals surface area contributed by atoms with Crippen molar-refractivity contribution < 1.29 is 22.4 Å². The Hall–Kier alpha value is -1.15. The number of halogens is 3. The molecule has 5 nitrogen and oxygen atoms in total. The molecule has 1 aromatic heterocycles. The Labute approximate surface area is 115 Å². The zero-order valence-corrected chi connectivity index (χ0v) is 12.0. The van der Waals surface area contributed by atoms with Gasteiger partial charge in [0.15, 0.2) is 0 Å². The summed E-state index contributed by atoms with van der Waals surface area (Å²) in [7, 11) is 0. The molecule has 0 saturated carbocycles. The summed E-state index contributed by atoms with van der Waals surface area (Å²) in [4.78, 5) is 4.08. The van der Waals surface area contributed by atoms with Gasteiger partial charge in [0.2, 0.25) is 11.7 Å². The number of aromatic nitrogens is 2. The van der Waals surface area contributed by atoms with Crippen molar-refractivity contribution in [2.45, 2.75) is 46.5 Å². The van der Waals surface area contributed by atoms with Crippen LogP contribution < -0.4 is 5.32 Å². The van der Waals surface area contributed by atoms with Crippen LogP contribution in [0.15, 0.2) is 4.52 Å². The Morgan fingerprint density at radius 2 is 1.95 bits per heavy atom. The van der Waals surface area contributed by atoms with Gasteiger partial charge < -0.3 is 14.6 Å². The average molecular weight is 295 g/mol. The average Bonchev–Trinajstić information content (AvgIpc) is 2.70. The molecule has 0 saturated heterocycles. The number of nitrogens with zero attached hydrogens (tertiary/aromatic N) is 2. The second-order valence-corrected chi connectivity index (χ2v) is 5.47. The first kappa shape index (κ1) is 16.9. The molecule has 0 aliphatic carbocycles. The monoisotopic (exact) mass is 295 g/mol. The van der Waals surface area contributed by atoms with Crippen molar-refractivity contribution in [3.63, 3.8) is 0 Å². The lowest BCUT2D eigenvalue weighted by molar-refractivity contribution is -0.125. The predicted molar refractivity (Wildman–Crippen MR) is 65.9 cm³/mol. The molecule has 20 heavy (non-hydrogen) atoms. The fourth-order valence-corrected chi connectivity index (χ4v) is 1.64. The van der Waals surface area contributed by atoms with Crippen LogP contribution in [0.25, 0.3) is 0 Å². The van der Waals surface area contributed by atoms with Crippen LogP contribution in [0.5, 0.6) is 0 Å². The summed E-state index contributed by atoms with van der Waals surface area (Å²) in [6.45, 7) is 7.00. The number of hydrogen-bond donors (Lipinski definition) is 1. The third-order valence-electron chi connectivity index (χ3n) is 2.44. The highest BCUT2D eigenvalue weighted by Gasteiger charge is 2.31. The molecule has 0 aromatic carbocycles. The van der Waals surface area contributed by atoms with Crippen molar-refractivity contribution >= 4 is 0 Å². The van der Waals surface area contributed by atoms with Crippen LogP contribution >= 0.6 is 0 Å². The molecule has 0 aliphatic heterocycles. The predicted octanol–water partition coefficient (Wildman–Crippen LogP) is 2.85. The van der Waals surface area contributed by atoms with Crippen LogP contribution in [0.2, 0.25) is 0 Å². The first-order chi connectivity index (χ1) is 9.13. The van der Waals surface area contributed by atoms with Gasteiger partial charge in [-0.15, -0.1) is 0 Å². The Morgan fingerprint density at radius 1 is 1.30 bits per heavy atom. The van der Waals surface area contributed by atoms with Gasteiger partial charge in [-0.2, -0.15) is 18.2 Å². The second kappa shape index (κ2) is 6.53. The van der Waals surface area contributed by atoms with Gasteiger partial charge in [-0.1, -0.05) is 25.9 Å². The molecule has 0 bridgehead atoms. The standard InChI is InChI=1S/C12H20F3N3O2/c1-5-19-9(11(2,3)4)10-17-8(20-18-10)6-16-7-12(13,14)15/h9,16H,5-7H2,1-4H3. The highest BCUT2D eigenvalue weighted by Crippen LogP contribution is 2.34. The van der Waals surface area contributed by atoms with Gasteiger partial charge in [-0.25, -0.2) is 0 Å². The molecular formula is C12H20F3N3O2. The van der Waals surface area contributed by atoms with Gasteiger partial charge in [-0.05, 0) is 12.3 Å². The molecule has 1 unspecified atom stereocenters. The van der Waals surface area contributed by atoms with E-state index in [1.165, 1.54) is 0 Å². The van der Waals surface area contributed by atoms with E-state index >= 15 is 0 Å². The van der Waals surface area contributed by atoms with Crippen LogP contribution in [-0.4, -0.2) is 29.5 Å². The molecule has 8 heteroatoms. The lowest BCUT2D eigenvalue weighted by atomic mass is 9.88. The van der Waals surface area contributed by atoms with Crippen molar-refractivity contribution in [3.05, 3.63) is 11.7 Å². The summed E-state index contributed by atoms with van der Waals surface area (Å²) >= 11 is 0. The molecule has 0 fully saturated rings. The molecule has 1 rings (SSSR count). The van der Waals surface area contributed by atoms with E-state index in [0.717, 1.165) is 0 Å². The lowest BCUT2D eigenvalue weighted by Crippen LogP contribution is -2.28. The van der Waals surface area contributed by atoms with Crippen LogP contribution in [0, 0.1) is 5.41 Å². The van der Waals surface area contributed by atoms with Crippen LogP contribution in [0.1, 0.15) is 45.5 Å². The first-order valence-corrected chi connectivity index (χ1v) is 6.35. The third-order valence-corrected chi connectivity index (χ3v) is 2.44. The zero-order valence-electron chi connectivity index (χ0n) is 12.0. The fourth-order valence-electron chi connectivity index (χ4n) is 1.64. The largest absolute Gasteiger partial charge is 0.401 e. The van der Waals surface area contributed by atoms with Crippen LogP contribution in [-0.2, 0) is 11.3 Å². The van der Waals surface area contributed by atoms with Gasteiger partial charge in [0.25, 0.3) is 0 Å². The molecule has 0 spiro atoms. The van der Waals surface area contributed by atoms with Crippen molar-refractivity contribution in [1.29, 1.82) is 0 Å². The molecule has 1 atom stereocenters. The third kappa shape index (κ3) is 5.46. The van der Waals surface area contributed by atoms with E-state index in [2.05, 4.69) is 15.5 Å². The zero-order chi connectivity index (χ0) is 15.4. The second-order valence-electron chi connectivity index (χ2n) is 5.47. The maximum atomic E-state index is 12.0. The summed E-state index contributed by atoms with van der Waals surface area (Å²) in [5, 5.41) is 5.99. The molecule has 1 N–H and O–H groups in total. The Morgan fingerprint density at radius 3 is 2.45 bits per heavy atom. The van der Waals surface area contributed by atoms with Crippen molar-refractivity contribution in [2.24, 2.45) is 5.41 Å². The maximum absolute atomic E-state index is 12.0. The van der Waals surface area contributed by atoms with Gasteiger partial charge in [0.1, 0.15) is 6.10 Å². The van der Waals surface area contributed by atoms with E-state index in [9.17, 15) is 13.2 Å². The minimum absolute atomic E-state index is 0.109. The topological polar surface area (TPSA) is 60.2 Å². The van der Waals surface area contributed by atoms with Gasteiger partial charge >= 0.3 is 6.18 Å². The molecule has 1 heterocycles. The number of alkyl halides is 3. The van der Waals surface area contributed by atoms with E-state index in [4.69, 9.17) is 9.26 Å². The summed E-state index contributed by atoms with van der Waals surface area (Å²) in [6.07, 6.45) is -4.63. The summed E-state index contributed by atoms with van der Waals surface area (Å²) in [5.41, 5.74) is -0.240. The van der Waals surface area contributed by atoms with Crippen molar-refractivity contribution in [1.82, 2.24) is 15.5 Å². The SMILES string of the molecule is CCOC(c1noc(CNCC(F)(F)F)n1)C(C)(C)C. The summed E-state index contributed by atoms with van der Waals surface area (Å²) in [5.74, 6) is 0.460. The Kier molecular flexibility index (Phi) is 5.52. The minimum atomic E-state index is -4.26. The quantitative estimate of drug-likeness (QED) is 0.874. The maximum Gasteiger partial charge on any atom is 0.401 e. The number of hydrogen-bond acceptors (Lipinski definition) is 5. The van der Waals surface area contributed by atoms with Gasteiger partial charge in [0, 0.05) is 6.61 Å². The normalized spacial score (nSPS) is 14.6. The Balaban J connectivity index is 2.65. The highest BCUT2D eigenvalue weighted by molar-refractivity contribution is 4.96. The molecular weight excluding hydrogens is 275 g/mol. The number of rotatable bonds is 6. The number of nitrogens with one attached hydrogen (secondary N) is 1. The lowest BCUT2D eigenvalue weighted by Gasteiger charge is -2.27.